The normalized spacial score (nSPS) is 22.4. The van der Waals surface area contributed by atoms with E-state index in [1.165, 1.54) is 22.4 Å². The fourth-order valence-electron chi connectivity index (χ4n) is 2.66. The van der Waals surface area contributed by atoms with E-state index < -0.39 is 0 Å². The fraction of sp³-hybridized carbons (Fsp3) is 0.267. The van der Waals surface area contributed by atoms with Crippen molar-refractivity contribution in [2.24, 2.45) is 0 Å². The van der Waals surface area contributed by atoms with Crippen molar-refractivity contribution in [3.63, 3.8) is 0 Å². The van der Waals surface area contributed by atoms with Gasteiger partial charge in [-0.1, -0.05) is 44.2 Å². The zero-order valence-corrected chi connectivity index (χ0v) is 9.64. The van der Waals surface area contributed by atoms with Crippen molar-refractivity contribution in [2.75, 3.05) is 0 Å². The first-order valence-electron chi connectivity index (χ1n) is 5.83. The Morgan fingerprint density at radius 2 is 1.56 bits per heavy atom. The molecule has 1 aromatic carbocycles. The highest BCUT2D eigenvalue weighted by atomic mass is 14.7. The molecule has 0 saturated heterocycles. The molecule has 0 spiro atoms. The van der Waals surface area contributed by atoms with Crippen LogP contribution in [0.5, 0.6) is 0 Å². The Hall–Kier alpha value is -1.63. The number of aromatic nitrogens is 1. The Labute approximate surface area is 96.2 Å². The Kier molecular flexibility index (Phi) is 2.06. The number of hydrogen-bond donors (Lipinski definition) is 0. The lowest BCUT2D eigenvalue weighted by atomic mass is 9.75. The van der Waals surface area contributed by atoms with Gasteiger partial charge in [-0.05, 0) is 29.0 Å². The summed E-state index contributed by atoms with van der Waals surface area (Å²) in [6.45, 7) is 4.60. The molecule has 0 saturated carbocycles. The van der Waals surface area contributed by atoms with Crippen LogP contribution in [-0.2, 0) is 0 Å². The van der Waals surface area contributed by atoms with Crippen molar-refractivity contribution in [3.8, 4) is 11.3 Å². The van der Waals surface area contributed by atoms with Gasteiger partial charge in [0.25, 0.3) is 0 Å². The van der Waals surface area contributed by atoms with Gasteiger partial charge in [0.2, 0.25) is 0 Å². The molecule has 0 N–H and O–H groups in total. The molecule has 3 rings (SSSR count). The van der Waals surface area contributed by atoms with E-state index in [4.69, 9.17) is 0 Å². The molecule has 1 nitrogen and oxygen atoms in total. The summed E-state index contributed by atoms with van der Waals surface area (Å²) < 4.78 is 0. The van der Waals surface area contributed by atoms with Gasteiger partial charge in [-0.25, -0.2) is 0 Å². The van der Waals surface area contributed by atoms with Crippen molar-refractivity contribution < 1.29 is 0 Å². The third kappa shape index (κ3) is 1.21. The SMILES string of the molecule is CC1c2ccccc2-c2ncccc2C1C. The van der Waals surface area contributed by atoms with Crippen LogP contribution < -0.4 is 0 Å². The van der Waals surface area contributed by atoms with Crippen molar-refractivity contribution >= 4 is 0 Å². The molecule has 1 aliphatic carbocycles. The second-order valence-electron chi connectivity index (χ2n) is 4.61. The van der Waals surface area contributed by atoms with Gasteiger partial charge in [0, 0.05) is 11.8 Å². The molecule has 0 bridgehead atoms. The highest BCUT2D eigenvalue weighted by Gasteiger charge is 2.27. The van der Waals surface area contributed by atoms with Crippen LogP contribution in [0.25, 0.3) is 11.3 Å². The van der Waals surface area contributed by atoms with Crippen LogP contribution >= 0.6 is 0 Å². The maximum absolute atomic E-state index is 4.55. The smallest absolute Gasteiger partial charge is 0.0739 e. The molecule has 0 amide bonds. The number of benzene rings is 1. The molecular formula is C15H15N. The predicted molar refractivity (Wildman–Crippen MR) is 66.5 cm³/mol. The summed E-state index contributed by atoms with van der Waals surface area (Å²) in [5.74, 6) is 1.13. The minimum atomic E-state index is 0.554. The van der Waals surface area contributed by atoms with Gasteiger partial charge in [0.15, 0.2) is 0 Å². The Morgan fingerprint density at radius 3 is 2.44 bits per heavy atom. The van der Waals surface area contributed by atoms with Crippen molar-refractivity contribution in [1.29, 1.82) is 0 Å². The molecule has 0 fully saturated rings. The maximum Gasteiger partial charge on any atom is 0.0739 e. The minimum Gasteiger partial charge on any atom is -0.256 e. The van der Waals surface area contributed by atoms with E-state index in [9.17, 15) is 0 Å². The van der Waals surface area contributed by atoms with E-state index in [1.807, 2.05) is 12.3 Å². The van der Waals surface area contributed by atoms with Crippen molar-refractivity contribution in [1.82, 2.24) is 4.98 Å². The first kappa shape index (κ1) is 9.59. The highest BCUT2D eigenvalue weighted by molar-refractivity contribution is 5.71. The van der Waals surface area contributed by atoms with Crippen LogP contribution in [-0.4, -0.2) is 4.98 Å². The summed E-state index contributed by atoms with van der Waals surface area (Å²) in [6.07, 6.45) is 1.89. The van der Waals surface area contributed by atoms with Gasteiger partial charge in [-0.3, -0.25) is 4.98 Å². The Balaban J connectivity index is 2.33. The quantitative estimate of drug-likeness (QED) is 0.639. The second kappa shape index (κ2) is 3.44. The summed E-state index contributed by atoms with van der Waals surface area (Å²) in [5, 5.41) is 0. The van der Waals surface area contributed by atoms with E-state index in [0.29, 0.717) is 11.8 Å². The molecule has 80 valence electrons. The van der Waals surface area contributed by atoms with E-state index in [-0.39, 0.29) is 0 Å². The second-order valence-corrected chi connectivity index (χ2v) is 4.61. The van der Waals surface area contributed by atoms with Crippen LogP contribution in [0.4, 0.5) is 0 Å². The van der Waals surface area contributed by atoms with Gasteiger partial charge in [0.1, 0.15) is 0 Å². The van der Waals surface area contributed by atoms with Gasteiger partial charge in [0.05, 0.1) is 5.69 Å². The lowest BCUT2D eigenvalue weighted by Gasteiger charge is -2.30. The Bertz CT molecular complexity index is 481. The molecule has 0 aliphatic heterocycles. The molecule has 16 heavy (non-hydrogen) atoms. The van der Waals surface area contributed by atoms with Crippen LogP contribution in [0.2, 0.25) is 0 Å². The number of fused-ring (bicyclic) bond motifs is 3. The fourth-order valence-corrected chi connectivity index (χ4v) is 2.66. The van der Waals surface area contributed by atoms with E-state index in [0.717, 1.165) is 0 Å². The molecular weight excluding hydrogens is 194 g/mol. The summed E-state index contributed by atoms with van der Waals surface area (Å²) >= 11 is 0. The number of rotatable bonds is 0. The van der Waals surface area contributed by atoms with E-state index in [2.05, 4.69) is 49.2 Å². The molecule has 1 aliphatic rings. The van der Waals surface area contributed by atoms with Crippen molar-refractivity contribution in [2.45, 2.75) is 25.7 Å². The average Bonchev–Trinajstić information content (AvgIpc) is 2.36. The minimum absolute atomic E-state index is 0.554. The third-order valence-electron chi connectivity index (χ3n) is 3.79. The molecule has 0 radical (unpaired) electrons. The molecule has 2 atom stereocenters. The van der Waals surface area contributed by atoms with E-state index in [1.54, 1.807) is 0 Å². The molecule has 1 aromatic heterocycles. The summed E-state index contributed by atoms with van der Waals surface area (Å²) in [5.41, 5.74) is 5.29. The van der Waals surface area contributed by atoms with Crippen LogP contribution in [0.3, 0.4) is 0 Å². The van der Waals surface area contributed by atoms with E-state index >= 15 is 0 Å². The molecule has 2 aromatic rings. The topological polar surface area (TPSA) is 12.9 Å². The standard InChI is InChI=1S/C15H15N/c1-10-11(2)13-8-5-9-16-15(13)14-7-4-3-6-12(10)14/h3-11H,1-2H3. The lowest BCUT2D eigenvalue weighted by molar-refractivity contribution is 0.613. The monoisotopic (exact) mass is 209 g/mol. The Morgan fingerprint density at radius 1 is 0.875 bits per heavy atom. The predicted octanol–water partition coefficient (Wildman–Crippen LogP) is 3.97. The van der Waals surface area contributed by atoms with Gasteiger partial charge >= 0.3 is 0 Å². The summed E-state index contributed by atoms with van der Waals surface area (Å²) in [4.78, 5) is 4.55. The highest BCUT2D eigenvalue weighted by Crippen LogP contribution is 2.44. The first-order valence-corrected chi connectivity index (χ1v) is 5.83. The number of nitrogens with zero attached hydrogens (tertiary/aromatic N) is 1. The van der Waals surface area contributed by atoms with Gasteiger partial charge in [-0.15, -0.1) is 0 Å². The number of hydrogen-bond acceptors (Lipinski definition) is 1. The summed E-state index contributed by atoms with van der Waals surface area (Å²) in [7, 11) is 0. The van der Waals surface area contributed by atoms with Crippen LogP contribution in [0, 0.1) is 0 Å². The van der Waals surface area contributed by atoms with Crippen LogP contribution in [0.1, 0.15) is 36.8 Å². The third-order valence-corrected chi connectivity index (χ3v) is 3.79. The lowest BCUT2D eigenvalue weighted by Crippen LogP contribution is -2.13. The number of pyridine rings is 1. The van der Waals surface area contributed by atoms with Gasteiger partial charge < -0.3 is 0 Å². The molecule has 1 heteroatoms. The van der Waals surface area contributed by atoms with Gasteiger partial charge in [-0.2, -0.15) is 0 Å². The largest absolute Gasteiger partial charge is 0.256 e. The maximum atomic E-state index is 4.55. The first-order chi connectivity index (χ1) is 7.79. The zero-order chi connectivity index (χ0) is 11.1. The molecule has 2 unspecified atom stereocenters. The average molecular weight is 209 g/mol. The van der Waals surface area contributed by atoms with Crippen LogP contribution in [0.15, 0.2) is 42.6 Å². The van der Waals surface area contributed by atoms with Crippen molar-refractivity contribution in [3.05, 3.63) is 53.7 Å². The molecule has 1 heterocycles. The summed E-state index contributed by atoms with van der Waals surface area (Å²) in [6, 6.07) is 12.9. The zero-order valence-electron chi connectivity index (χ0n) is 9.64.